The molecule has 6 heteroatoms. The number of aromatic hydroxyl groups is 1. The number of benzene rings is 1. The smallest absolute Gasteiger partial charge is 0.505 e. The molecule has 0 aliphatic heterocycles. The highest BCUT2D eigenvalue weighted by atomic mass is 16.6. The summed E-state index contributed by atoms with van der Waals surface area (Å²) in [7, 11) is 1.10. The first-order chi connectivity index (χ1) is 8.02. The summed E-state index contributed by atoms with van der Waals surface area (Å²) in [6.45, 7) is 0. The molecular formula is C11H10O6. The molecule has 0 spiro atoms. The van der Waals surface area contributed by atoms with E-state index in [-0.39, 0.29) is 5.75 Å². The average Bonchev–Trinajstić information content (AvgIpc) is 2.29. The zero-order valence-corrected chi connectivity index (χ0v) is 8.91. The van der Waals surface area contributed by atoms with Gasteiger partial charge in [-0.3, -0.25) is 0 Å². The molecule has 0 unspecified atom stereocenters. The van der Waals surface area contributed by atoms with Crippen molar-refractivity contribution in [2.45, 2.75) is 0 Å². The standard InChI is InChI=1S/C9H6O3.C2H4O3/c10-7-3-1-6-2-4-9(11)12-8(6)5-7;1-5-2(3)4/h1-5,10H;1H3,(H,3,4). The van der Waals surface area contributed by atoms with Crippen molar-refractivity contribution < 1.29 is 24.2 Å². The number of hydrogen-bond acceptors (Lipinski definition) is 5. The molecule has 1 aromatic carbocycles. The summed E-state index contributed by atoms with van der Waals surface area (Å²) < 4.78 is 8.49. The van der Waals surface area contributed by atoms with Crippen LogP contribution in [0.1, 0.15) is 0 Å². The summed E-state index contributed by atoms with van der Waals surface area (Å²) in [5.41, 5.74) is -0.00407. The van der Waals surface area contributed by atoms with Crippen LogP contribution < -0.4 is 5.63 Å². The van der Waals surface area contributed by atoms with E-state index in [4.69, 9.17) is 19.4 Å². The Balaban J connectivity index is 0.000000249. The molecule has 1 aromatic heterocycles. The van der Waals surface area contributed by atoms with Crippen LogP contribution in [0.25, 0.3) is 11.0 Å². The number of methoxy groups -OCH3 is 1. The van der Waals surface area contributed by atoms with Crippen LogP contribution in [0.15, 0.2) is 39.5 Å². The SMILES string of the molecule is COC(=O)O.O=c1ccc2ccc(O)cc2o1. The van der Waals surface area contributed by atoms with E-state index in [9.17, 15) is 4.79 Å². The van der Waals surface area contributed by atoms with Crippen molar-refractivity contribution >= 4 is 17.1 Å². The lowest BCUT2D eigenvalue weighted by Gasteiger charge is -1.94. The monoisotopic (exact) mass is 238 g/mol. The van der Waals surface area contributed by atoms with Crippen LogP contribution in [0, 0.1) is 0 Å². The Bertz CT molecular complexity index is 571. The Kier molecular flexibility index (Phi) is 4.10. The van der Waals surface area contributed by atoms with Crippen molar-refractivity contribution in [2.24, 2.45) is 0 Å². The number of ether oxygens (including phenoxy) is 1. The molecule has 0 aliphatic rings. The Morgan fingerprint density at radius 3 is 2.47 bits per heavy atom. The minimum atomic E-state index is -1.25. The fraction of sp³-hybridized carbons (Fsp3) is 0.0909. The van der Waals surface area contributed by atoms with Gasteiger partial charge in [-0.2, -0.15) is 0 Å². The first-order valence-electron chi connectivity index (χ1n) is 4.52. The molecule has 0 atom stereocenters. The molecule has 1 heterocycles. The number of rotatable bonds is 0. The summed E-state index contributed by atoms with van der Waals surface area (Å²) in [5.74, 6) is 0.0943. The first-order valence-corrected chi connectivity index (χ1v) is 4.52. The quantitative estimate of drug-likeness (QED) is 0.536. The highest BCUT2D eigenvalue weighted by Gasteiger charge is 1.96. The van der Waals surface area contributed by atoms with Crippen molar-refractivity contribution in [1.82, 2.24) is 0 Å². The van der Waals surface area contributed by atoms with Crippen molar-refractivity contribution in [3.63, 3.8) is 0 Å². The van der Waals surface area contributed by atoms with Gasteiger partial charge in [0.05, 0.1) is 7.11 Å². The Morgan fingerprint density at radius 1 is 1.29 bits per heavy atom. The van der Waals surface area contributed by atoms with Crippen LogP contribution in [0.3, 0.4) is 0 Å². The maximum Gasteiger partial charge on any atom is 0.505 e. The molecule has 0 radical (unpaired) electrons. The maximum atomic E-state index is 10.7. The van der Waals surface area contributed by atoms with Crippen LogP contribution in [0.4, 0.5) is 4.79 Å². The Morgan fingerprint density at radius 2 is 1.88 bits per heavy atom. The van der Waals surface area contributed by atoms with Crippen LogP contribution in [-0.4, -0.2) is 23.5 Å². The van der Waals surface area contributed by atoms with Gasteiger partial charge in [-0.15, -0.1) is 0 Å². The van der Waals surface area contributed by atoms with Crippen LogP contribution >= 0.6 is 0 Å². The third kappa shape index (κ3) is 3.86. The van der Waals surface area contributed by atoms with E-state index >= 15 is 0 Å². The molecule has 2 N–H and O–H groups in total. The van der Waals surface area contributed by atoms with E-state index in [1.165, 1.54) is 12.1 Å². The molecule has 0 saturated heterocycles. The minimum absolute atomic E-state index is 0.0943. The van der Waals surface area contributed by atoms with Crippen LogP contribution in [0.2, 0.25) is 0 Å². The summed E-state index contributed by atoms with van der Waals surface area (Å²) >= 11 is 0. The van der Waals surface area contributed by atoms with E-state index in [1.807, 2.05) is 0 Å². The van der Waals surface area contributed by atoms with Gasteiger partial charge in [0.15, 0.2) is 0 Å². The molecular weight excluding hydrogens is 228 g/mol. The van der Waals surface area contributed by atoms with Gasteiger partial charge in [0.25, 0.3) is 0 Å². The number of phenols is 1. The van der Waals surface area contributed by atoms with E-state index in [2.05, 4.69) is 4.74 Å². The lowest BCUT2D eigenvalue weighted by Crippen LogP contribution is -1.93. The molecule has 6 nitrogen and oxygen atoms in total. The predicted molar refractivity (Wildman–Crippen MR) is 59.2 cm³/mol. The fourth-order valence-corrected chi connectivity index (χ4v) is 1.05. The molecule has 0 fully saturated rings. The number of fused-ring (bicyclic) bond motifs is 1. The molecule has 17 heavy (non-hydrogen) atoms. The molecule has 0 amide bonds. The van der Waals surface area contributed by atoms with E-state index < -0.39 is 11.8 Å². The first kappa shape index (κ1) is 12.6. The molecule has 0 saturated carbocycles. The van der Waals surface area contributed by atoms with Crippen molar-refractivity contribution in [1.29, 1.82) is 0 Å². The second-order valence-electron chi connectivity index (χ2n) is 2.95. The largest absolute Gasteiger partial charge is 0.508 e. The minimum Gasteiger partial charge on any atom is -0.508 e. The summed E-state index contributed by atoms with van der Waals surface area (Å²) in [6, 6.07) is 7.65. The van der Waals surface area contributed by atoms with Crippen molar-refractivity contribution in [2.75, 3.05) is 7.11 Å². The van der Waals surface area contributed by atoms with Crippen LogP contribution in [-0.2, 0) is 4.74 Å². The van der Waals surface area contributed by atoms with Crippen molar-refractivity contribution in [3.05, 3.63) is 40.8 Å². The van der Waals surface area contributed by atoms with Crippen molar-refractivity contribution in [3.8, 4) is 5.75 Å². The van der Waals surface area contributed by atoms with Gasteiger partial charge in [-0.25, -0.2) is 9.59 Å². The highest BCUT2D eigenvalue weighted by molar-refractivity contribution is 5.77. The maximum absolute atomic E-state index is 10.7. The van der Waals surface area contributed by atoms with E-state index in [0.717, 1.165) is 12.5 Å². The molecule has 2 aromatic rings. The molecule has 90 valence electrons. The Hall–Kier alpha value is -2.50. The third-order valence-electron chi connectivity index (χ3n) is 1.78. The second-order valence-corrected chi connectivity index (χ2v) is 2.95. The van der Waals surface area contributed by atoms with Gasteiger partial charge >= 0.3 is 11.8 Å². The zero-order chi connectivity index (χ0) is 12.8. The van der Waals surface area contributed by atoms with E-state index in [1.54, 1.807) is 18.2 Å². The van der Waals surface area contributed by atoms with Gasteiger partial charge in [0, 0.05) is 17.5 Å². The number of carbonyl (C=O) groups is 1. The van der Waals surface area contributed by atoms with E-state index in [0.29, 0.717) is 5.58 Å². The average molecular weight is 238 g/mol. The third-order valence-corrected chi connectivity index (χ3v) is 1.78. The molecule has 0 aliphatic carbocycles. The summed E-state index contributed by atoms with van der Waals surface area (Å²) in [6.07, 6.45) is -1.25. The van der Waals surface area contributed by atoms with Gasteiger partial charge in [0.2, 0.25) is 0 Å². The number of hydrogen-bond donors (Lipinski definition) is 2. The lowest BCUT2D eigenvalue weighted by atomic mass is 10.2. The second kappa shape index (κ2) is 5.55. The number of carboxylic acid groups (broad SMARTS) is 1. The van der Waals surface area contributed by atoms with Gasteiger partial charge < -0.3 is 19.4 Å². The summed E-state index contributed by atoms with van der Waals surface area (Å²) in [4.78, 5) is 19.9. The lowest BCUT2D eigenvalue weighted by molar-refractivity contribution is 0.114. The summed E-state index contributed by atoms with van der Waals surface area (Å²) in [5, 5.41) is 17.4. The Labute approximate surface area is 95.7 Å². The predicted octanol–water partition coefficient (Wildman–Crippen LogP) is 1.81. The zero-order valence-electron chi connectivity index (χ0n) is 8.91. The fourth-order valence-electron chi connectivity index (χ4n) is 1.05. The molecule has 2 rings (SSSR count). The normalized spacial score (nSPS) is 9.24. The topological polar surface area (TPSA) is 97.0 Å². The highest BCUT2D eigenvalue weighted by Crippen LogP contribution is 2.17. The molecule has 0 bridgehead atoms. The van der Waals surface area contributed by atoms with Gasteiger partial charge in [0.1, 0.15) is 11.3 Å². The van der Waals surface area contributed by atoms with Gasteiger partial charge in [-0.05, 0) is 18.2 Å². The number of phenolic OH excluding ortho intramolecular Hbond substituents is 1. The van der Waals surface area contributed by atoms with Gasteiger partial charge in [-0.1, -0.05) is 0 Å². The van der Waals surface area contributed by atoms with Crippen LogP contribution in [0.5, 0.6) is 5.75 Å².